The van der Waals surface area contributed by atoms with E-state index in [4.69, 9.17) is 17.2 Å². The number of para-hydroxylation sites is 1. The van der Waals surface area contributed by atoms with Gasteiger partial charge in [0.2, 0.25) is 17.7 Å². The molecule has 162 valence electrons. The molecule has 2 rings (SSSR count). The number of hydrogen-bond acceptors (Lipinski definition) is 5. The number of aryl methyl sites for hydroxylation is 1. The number of benzene rings is 1. The van der Waals surface area contributed by atoms with E-state index in [0.717, 1.165) is 16.5 Å². The number of nitrogens with one attached hydrogen (secondary N) is 2. The lowest BCUT2D eigenvalue weighted by Gasteiger charge is -2.31. The van der Waals surface area contributed by atoms with E-state index >= 15 is 0 Å². The van der Waals surface area contributed by atoms with E-state index in [0.29, 0.717) is 6.42 Å². The van der Waals surface area contributed by atoms with Gasteiger partial charge >= 0.3 is 0 Å². The number of amides is 3. The molecule has 0 radical (unpaired) electrons. The zero-order valence-electron chi connectivity index (χ0n) is 17.2. The van der Waals surface area contributed by atoms with E-state index in [2.05, 4.69) is 10.3 Å². The molecule has 0 saturated carbocycles. The quantitative estimate of drug-likeness (QED) is 0.330. The molecular weight excluding hydrogens is 386 g/mol. The van der Waals surface area contributed by atoms with Crippen LogP contribution in [0, 0.1) is 5.92 Å². The highest BCUT2D eigenvalue weighted by atomic mass is 16.2. The standard InChI is InChI=1S/C21H29N5O4/c1-12(2)18(19(29)21(24,20(23)30)10-9-16(22)27)26-17(28)8-7-13-11-25-15-6-4-3-5-14(13)15/h3-6,11-12,18,25H,7-10,24H2,1-2H3,(H2,22,27)(H2,23,30)(H,26,28)/t18-,21?/m0/s1. The van der Waals surface area contributed by atoms with Crippen LogP contribution in [0.25, 0.3) is 10.9 Å². The van der Waals surface area contributed by atoms with Gasteiger partial charge in [0.05, 0.1) is 6.04 Å². The minimum Gasteiger partial charge on any atom is -0.370 e. The van der Waals surface area contributed by atoms with E-state index in [1.54, 1.807) is 13.8 Å². The van der Waals surface area contributed by atoms with Crippen molar-refractivity contribution in [1.82, 2.24) is 10.3 Å². The van der Waals surface area contributed by atoms with Crippen LogP contribution in [-0.4, -0.2) is 40.1 Å². The molecule has 0 aliphatic carbocycles. The summed E-state index contributed by atoms with van der Waals surface area (Å²) in [6, 6.07) is 6.73. The van der Waals surface area contributed by atoms with Crippen molar-refractivity contribution in [3.8, 4) is 0 Å². The van der Waals surface area contributed by atoms with Gasteiger partial charge in [-0.1, -0.05) is 32.0 Å². The number of carbonyl (C=O) groups is 4. The first-order valence-electron chi connectivity index (χ1n) is 9.82. The third-order valence-corrected chi connectivity index (χ3v) is 5.21. The summed E-state index contributed by atoms with van der Waals surface area (Å²) in [5.41, 5.74) is 16.3. The molecule has 1 aromatic carbocycles. The van der Waals surface area contributed by atoms with E-state index in [-0.39, 0.29) is 31.1 Å². The Balaban J connectivity index is 2.09. The van der Waals surface area contributed by atoms with Crippen molar-refractivity contribution in [3.63, 3.8) is 0 Å². The fourth-order valence-electron chi connectivity index (χ4n) is 3.33. The Morgan fingerprint density at radius 2 is 1.77 bits per heavy atom. The highest BCUT2D eigenvalue weighted by molar-refractivity contribution is 6.13. The topological polar surface area (TPSA) is 174 Å². The van der Waals surface area contributed by atoms with Gasteiger partial charge in [-0.2, -0.15) is 0 Å². The molecule has 3 amide bonds. The highest BCUT2D eigenvalue weighted by Gasteiger charge is 2.45. The Morgan fingerprint density at radius 3 is 2.37 bits per heavy atom. The molecule has 1 heterocycles. The maximum atomic E-state index is 13.0. The van der Waals surface area contributed by atoms with E-state index in [9.17, 15) is 19.2 Å². The van der Waals surface area contributed by atoms with Gasteiger partial charge in [-0.15, -0.1) is 0 Å². The van der Waals surface area contributed by atoms with Gasteiger partial charge in [-0.3, -0.25) is 19.2 Å². The number of aromatic amines is 1. The van der Waals surface area contributed by atoms with Crippen molar-refractivity contribution >= 4 is 34.4 Å². The molecule has 0 bridgehead atoms. The van der Waals surface area contributed by atoms with E-state index in [1.165, 1.54) is 0 Å². The Hall–Kier alpha value is -3.20. The molecule has 1 unspecified atom stereocenters. The third kappa shape index (κ3) is 5.24. The SMILES string of the molecule is CC(C)[C@H](NC(=O)CCc1c[nH]c2ccccc12)C(=O)C(N)(CCC(N)=O)C(N)=O. The fraction of sp³-hybridized carbons (Fsp3) is 0.429. The molecule has 0 aliphatic heterocycles. The van der Waals surface area contributed by atoms with Crippen LogP contribution < -0.4 is 22.5 Å². The molecule has 9 heteroatoms. The number of rotatable bonds is 11. The molecule has 9 nitrogen and oxygen atoms in total. The number of H-pyrrole nitrogens is 1. The van der Waals surface area contributed by atoms with Crippen molar-refractivity contribution in [2.75, 3.05) is 0 Å². The highest BCUT2D eigenvalue weighted by Crippen LogP contribution is 2.20. The minimum atomic E-state index is -2.09. The van der Waals surface area contributed by atoms with E-state index in [1.807, 2.05) is 30.5 Å². The van der Waals surface area contributed by atoms with Crippen molar-refractivity contribution < 1.29 is 19.2 Å². The van der Waals surface area contributed by atoms with Crippen molar-refractivity contribution in [2.24, 2.45) is 23.1 Å². The molecule has 0 saturated heterocycles. The number of fused-ring (bicyclic) bond motifs is 1. The number of Topliss-reactive ketones (excluding diaryl/α,β-unsaturated/α-hetero) is 1. The Morgan fingerprint density at radius 1 is 1.10 bits per heavy atom. The average molecular weight is 415 g/mol. The monoisotopic (exact) mass is 415 g/mol. The number of primary amides is 2. The summed E-state index contributed by atoms with van der Waals surface area (Å²) in [5, 5.41) is 3.70. The van der Waals surface area contributed by atoms with Crippen LogP contribution in [-0.2, 0) is 25.6 Å². The van der Waals surface area contributed by atoms with Gasteiger partial charge in [0.25, 0.3) is 0 Å². The second-order valence-electron chi connectivity index (χ2n) is 7.81. The third-order valence-electron chi connectivity index (χ3n) is 5.21. The van der Waals surface area contributed by atoms with Crippen molar-refractivity contribution in [2.45, 2.75) is 51.1 Å². The number of hydrogen-bond donors (Lipinski definition) is 5. The molecule has 0 spiro atoms. The summed E-state index contributed by atoms with van der Waals surface area (Å²) in [5.74, 6) is -3.19. The lowest BCUT2D eigenvalue weighted by atomic mass is 9.81. The van der Waals surface area contributed by atoms with Gasteiger partial charge in [-0.05, 0) is 30.4 Å². The van der Waals surface area contributed by atoms with Crippen LogP contribution in [0.2, 0.25) is 0 Å². The molecule has 1 aromatic heterocycles. The maximum absolute atomic E-state index is 13.0. The van der Waals surface area contributed by atoms with Gasteiger partial charge in [-0.25, -0.2) is 0 Å². The Bertz CT molecular complexity index is 952. The number of carbonyl (C=O) groups excluding carboxylic acids is 4. The maximum Gasteiger partial charge on any atom is 0.245 e. The Labute approximate surface area is 174 Å². The molecule has 0 aliphatic rings. The molecule has 2 aromatic rings. The van der Waals surface area contributed by atoms with Crippen LogP contribution in [0.1, 0.15) is 38.7 Å². The van der Waals surface area contributed by atoms with Gasteiger partial charge in [0, 0.05) is 29.9 Å². The number of nitrogens with two attached hydrogens (primary N) is 3. The summed E-state index contributed by atoms with van der Waals surface area (Å²) in [7, 11) is 0. The molecule has 2 atom stereocenters. The molecular formula is C21H29N5O4. The predicted octanol–water partition coefficient (Wildman–Crippen LogP) is 0.259. The minimum absolute atomic E-state index is 0.147. The molecule has 0 fully saturated rings. The largest absolute Gasteiger partial charge is 0.370 e. The first-order chi connectivity index (χ1) is 14.1. The first kappa shape index (κ1) is 23.1. The van der Waals surface area contributed by atoms with Crippen LogP contribution in [0.15, 0.2) is 30.5 Å². The molecule has 8 N–H and O–H groups in total. The van der Waals surface area contributed by atoms with Crippen molar-refractivity contribution in [1.29, 1.82) is 0 Å². The van der Waals surface area contributed by atoms with Gasteiger partial charge < -0.3 is 27.5 Å². The zero-order chi connectivity index (χ0) is 22.5. The Kier molecular flexibility index (Phi) is 7.33. The summed E-state index contributed by atoms with van der Waals surface area (Å²) in [6.07, 6.45) is 1.88. The average Bonchev–Trinajstić information content (AvgIpc) is 3.10. The number of aromatic nitrogens is 1. The van der Waals surface area contributed by atoms with Crippen LogP contribution in [0.3, 0.4) is 0 Å². The lowest BCUT2D eigenvalue weighted by Crippen LogP contribution is -2.65. The smallest absolute Gasteiger partial charge is 0.245 e. The summed E-state index contributed by atoms with van der Waals surface area (Å²) in [6.45, 7) is 3.44. The lowest BCUT2D eigenvalue weighted by molar-refractivity contribution is -0.138. The second kappa shape index (κ2) is 9.53. The summed E-state index contributed by atoms with van der Waals surface area (Å²) >= 11 is 0. The predicted molar refractivity (Wildman–Crippen MR) is 113 cm³/mol. The molecule has 30 heavy (non-hydrogen) atoms. The summed E-state index contributed by atoms with van der Waals surface area (Å²) in [4.78, 5) is 51.7. The zero-order valence-corrected chi connectivity index (χ0v) is 17.2. The van der Waals surface area contributed by atoms with Crippen LogP contribution in [0.5, 0.6) is 0 Å². The first-order valence-corrected chi connectivity index (χ1v) is 9.82. The second-order valence-corrected chi connectivity index (χ2v) is 7.81. The summed E-state index contributed by atoms with van der Waals surface area (Å²) < 4.78 is 0. The van der Waals surface area contributed by atoms with E-state index < -0.39 is 29.2 Å². The number of ketones is 1. The van der Waals surface area contributed by atoms with Crippen molar-refractivity contribution in [3.05, 3.63) is 36.0 Å². The van der Waals surface area contributed by atoms with Gasteiger partial charge in [0.15, 0.2) is 11.3 Å². The fourth-order valence-corrected chi connectivity index (χ4v) is 3.33. The normalized spacial score (nSPS) is 14.3. The van der Waals surface area contributed by atoms with Crippen LogP contribution in [0.4, 0.5) is 0 Å². The van der Waals surface area contributed by atoms with Crippen LogP contribution >= 0.6 is 0 Å². The van der Waals surface area contributed by atoms with Gasteiger partial charge in [0.1, 0.15) is 0 Å².